The topological polar surface area (TPSA) is 39.5 Å². The van der Waals surface area contributed by atoms with Crippen molar-refractivity contribution in [2.24, 2.45) is 0 Å². The van der Waals surface area contributed by atoms with Crippen LogP contribution < -0.4 is 4.74 Å². The Bertz CT molecular complexity index is 717. The number of rotatable bonds is 4. The van der Waals surface area contributed by atoms with E-state index in [1.54, 1.807) is 0 Å². The van der Waals surface area contributed by atoms with E-state index in [1.807, 2.05) is 6.20 Å². The molecule has 0 amide bonds. The van der Waals surface area contributed by atoms with Gasteiger partial charge in [0.25, 0.3) is 0 Å². The van der Waals surface area contributed by atoms with Gasteiger partial charge < -0.3 is 14.0 Å². The summed E-state index contributed by atoms with van der Waals surface area (Å²) in [5.74, 6) is 2.12. The van der Waals surface area contributed by atoms with Gasteiger partial charge in [0.1, 0.15) is 11.6 Å². The molecule has 2 aliphatic rings. The molecule has 0 atom stereocenters. The van der Waals surface area contributed by atoms with Crippen LogP contribution in [0.25, 0.3) is 5.69 Å². The van der Waals surface area contributed by atoms with Crippen LogP contribution in [0.4, 0.5) is 0 Å². The molecular weight excluding hydrogens is 302 g/mol. The van der Waals surface area contributed by atoms with Gasteiger partial charge in [0.05, 0.1) is 25.5 Å². The van der Waals surface area contributed by atoms with Gasteiger partial charge in [-0.2, -0.15) is 0 Å². The molecule has 1 aromatic carbocycles. The predicted molar refractivity (Wildman–Crippen MR) is 93.0 cm³/mol. The molecule has 1 aromatic heterocycles. The lowest BCUT2D eigenvalue weighted by molar-refractivity contribution is 0.0288. The Balaban J connectivity index is 1.66. The summed E-state index contributed by atoms with van der Waals surface area (Å²) >= 11 is 0. The molecule has 3 heterocycles. The van der Waals surface area contributed by atoms with Crippen molar-refractivity contribution in [3.8, 4) is 11.4 Å². The monoisotopic (exact) mass is 327 g/mol. The molecule has 2 aromatic rings. The number of nitrogens with zero attached hydrogens (tertiary/aromatic N) is 3. The Labute approximate surface area is 143 Å². The minimum Gasteiger partial charge on any atom is -0.493 e. The van der Waals surface area contributed by atoms with Gasteiger partial charge in [0, 0.05) is 49.4 Å². The molecule has 2 aliphatic heterocycles. The summed E-state index contributed by atoms with van der Waals surface area (Å²) < 4.78 is 13.4. The zero-order valence-electron chi connectivity index (χ0n) is 14.5. The number of morpholine rings is 1. The standard InChI is InChI=1S/C19H25N3O2/c1-19(2,14-21-9-12-23-13-10-21)18-20-7-8-22(18)16-4-3-5-17-15(16)6-11-24-17/h3-5,7-8H,6,9-14H2,1-2H3. The van der Waals surface area contributed by atoms with Crippen LogP contribution in [0.15, 0.2) is 30.6 Å². The van der Waals surface area contributed by atoms with Gasteiger partial charge in [-0.1, -0.05) is 19.9 Å². The number of imidazole rings is 1. The third-order valence-electron chi connectivity index (χ3n) is 4.95. The predicted octanol–water partition coefficient (Wildman–Crippen LogP) is 2.42. The normalized spacial score (nSPS) is 18.4. The maximum atomic E-state index is 5.73. The second kappa shape index (κ2) is 6.22. The van der Waals surface area contributed by atoms with E-state index in [9.17, 15) is 0 Å². The third-order valence-corrected chi connectivity index (χ3v) is 4.95. The third kappa shape index (κ3) is 2.82. The van der Waals surface area contributed by atoms with Gasteiger partial charge in [-0.05, 0) is 12.1 Å². The Morgan fingerprint density at radius 2 is 2.00 bits per heavy atom. The van der Waals surface area contributed by atoms with E-state index in [-0.39, 0.29) is 5.41 Å². The Hall–Kier alpha value is -1.85. The van der Waals surface area contributed by atoms with Gasteiger partial charge in [-0.3, -0.25) is 4.90 Å². The highest BCUT2D eigenvalue weighted by Crippen LogP contribution is 2.33. The van der Waals surface area contributed by atoms with Crippen LogP contribution in [0, 0.1) is 0 Å². The van der Waals surface area contributed by atoms with Crippen molar-refractivity contribution in [1.82, 2.24) is 14.5 Å². The highest BCUT2D eigenvalue weighted by Gasteiger charge is 2.30. The van der Waals surface area contributed by atoms with Crippen molar-refractivity contribution in [3.63, 3.8) is 0 Å². The maximum Gasteiger partial charge on any atom is 0.124 e. The second-order valence-electron chi connectivity index (χ2n) is 7.25. The van der Waals surface area contributed by atoms with Gasteiger partial charge in [0.15, 0.2) is 0 Å². The maximum absolute atomic E-state index is 5.73. The number of ether oxygens (including phenoxy) is 2. The summed E-state index contributed by atoms with van der Waals surface area (Å²) in [5, 5.41) is 0. The fraction of sp³-hybridized carbons (Fsp3) is 0.526. The minimum absolute atomic E-state index is 0.0387. The summed E-state index contributed by atoms with van der Waals surface area (Å²) in [6.45, 7) is 9.97. The number of hydrogen-bond donors (Lipinski definition) is 0. The molecule has 128 valence electrons. The zero-order valence-corrected chi connectivity index (χ0v) is 14.5. The van der Waals surface area contributed by atoms with E-state index in [0.29, 0.717) is 0 Å². The Kier molecular flexibility index (Phi) is 4.06. The van der Waals surface area contributed by atoms with Crippen LogP contribution in [0.1, 0.15) is 25.2 Å². The highest BCUT2D eigenvalue weighted by atomic mass is 16.5. The number of aromatic nitrogens is 2. The van der Waals surface area contributed by atoms with Crippen LogP contribution in [0.3, 0.4) is 0 Å². The fourth-order valence-electron chi connectivity index (χ4n) is 3.82. The first-order valence-corrected chi connectivity index (χ1v) is 8.74. The molecular formula is C19H25N3O2. The van der Waals surface area contributed by atoms with Crippen molar-refractivity contribution in [1.29, 1.82) is 0 Å². The van der Waals surface area contributed by atoms with E-state index >= 15 is 0 Å². The number of benzene rings is 1. The van der Waals surface area contributed by atoms with Crippen LogP contribution in [0.2, 0.25) is 0 Å². The quantitative estimate of drug-likeness (QED) is 0.865. The molecule has 0 bridgehead atoms. The zero-order chi connectivity index (χ0) is 16.6. The molecule has 5 heteroatoms. The van der Waals surface area contributed by atoms with Crippen molar-refractivity contribution in [2.75, 3.05) is 39.5 Å². The van der Waals surface area contributed by atoms with E-state index in [0.717, 1.165) is 57.4 Å². The van der Waals surface area contributed by atoms with Gasteiger partial charge in [-0.15, -0.1) is 0 Å². The van der Waals surface area contributed by atoms with Crippen LogP contribution in [0.5, 0.6) is 5.75 Å². The van der Waals surface area contributed by atoms with Crippen LogP contribution in [-0.4, -0.2) is 53.9 Å². The van der Waals surface area contributed by atoms with Crippen LogP contribution >= 0.6 is 0 Å². The Morgan fingerprint density at radius 3 is 2.83 bits per heavy atom. The Morgan fingerprint density at radius 1 is 1.17 bits per heavy atom. The number of hydrogen-bond acceptors (Lipinski definition) is 4. The van der Waals surface area contributed by atoms with Crippen molar-refractivity contribution < 1.29 is 9.47 Å². The minimum atomic E-state index is -0.0387. The first kappa shape index (κ1) is 15.7. The summed E-state index contributed by atoms with van der Waals surface area (Å²) in [6.07, 6.45) is 4.95. The molecule has 1 saturated heterocycles. The fourth-order valence-corrected chi connectivity index (χ4v) is 3.82. The second-order valence-corrected chi connectivity index (χ2v) is 7.25. The van der Waals surface area contributed by atoms with Crippen LogP contribution in [-0.2, 0) is 16.6 Å². The molecule has 0 spiro atoms. The molecule has 0 unspecified atom stereocenters. The highest BCUT2D eigenvalue weighted by molar-refractivity contribution is 5.52. The molecule has 5 nitrogen and oxygen atoms in total. The summed E-state index contributed by atoms with van der Waals surface area (Å²) in [6, 6.07) is 6.29. The number of fused-ring (bicyclic) bond motifs is 1. The van der Waals surface area contributed by atoms with Gasteiger partial charge in [0.2, 0.25) is 0 Å². The van der Waals surface area contributed by atoms with Gasteiger partial charge >= 0.3 is 0 Å². The van der Waals surface area contributed by atoms with E-state index in [4.69, 9.17) is 14.5 Å². The van der Waals surface area contributed by atoms with E-state index < -0.39 is 0 Å². The largest absolute Gasteiger partial charge is 0.493 e. The average Bonchev–Trinajstić information content (AvgIpc) is 3.24. The van der Waals surface area contributed by atoms with E-state index in [1.165, 1.54) is 11.3 Å². The van der Waals surface area contributed by atoms with E-state index in [2.05, 4.69) is 47.7 Å². The summed E-state index contributed by atoms with van der Waals surface area (Å²) in [7, 11) is 0. The van der Waals surface area contributed by atoms with Crippen molar-refractivity contribution in [2.45, 2.75) is 25.7 Å². The lowest BCUT2D eigenvalue weighted by Crippen LogP contribution is -2.44. The molecule has 0 N–H and O–H groups in total. The molecule has 0 radical (unpaired) electrons. The van der Waals surface area contributed by atoms with Crippen molar-refractivity contribution in [3.05, 3.63) is 42.0 Å². The average molecular weight is 327 g/mol. The van der Waals surface area contributed by atoms with Crippen molar-refractivity contribution >= 4 is 0 Å². The molecule has 0 saturated carbocycles. The summed E-state index contributed by atoms with van der Waals surface area (Å²) in [5.41, 5.74) is 2.45. The summed E-state index contributed by atoms with van der Waals surface area (Å²) in [4.78, 5) is 7.19. The molecule has 0 aliphatic carbocycles. The first-order chi connectivity index (χ1) is 11.6. The van der Waals surface area contributed by atoms with Gasteiger partial charge in [-0.25, -0.2) is 4.98 Å². The lowest BCUT2D eigenvalue weighted by Gasteiger charge is -2.34. The SMILES string of the molecule is CC(C)(CN1CCOCC1)c1nccn1-c1cccc2c1CCO2. The first-order valence-electron chi connectivity index (χ1n) is 8.74. The molecule has 4 rings (SSSR count). The lowest BCUT2D eigenvalue weighted by atomic mass is 9.91. The molecule has 24 heavy (non-hydrogen) atoms. The smallest absolute Gasteiger partial charge is 0.124 e. The molecule has 1 fully saturated rings.